The second kappa shape index (κ2) is 8.18. The Morgan fingerprint density at radius 1 is 1.00 bits per heavy atom. The van der Waals surface area contributed by atoms with Gasteiger partial charge in [-0.2, -0.15) is 0 Å². The van der Waals surface area contributed by atoms with Crippen molar-refractivity contribution < 1.29 is 14.3 Å². The highest BCUT2D eigenvalue weighted by Gasteiger charge is 2.22. The Bertz CT molecular complexity index is 963. The van der Waals surface area contributed by atoms with Gasteiger partial charge in [0.1, 0.15) is 0 Å². The van der Waals surface area contributed by atoms with Gasteiger partial charge in [-0.3, -0.25) is 4.79 Å². The first kappa shape index (κ1) is 18.9. The van der Waals surface area contributed by atoms with Crippen molar-refractivity contribution in [3.05, 3.63) is 76.0 Å². The van der Waals surface area contributed by atoms with Gasteiger partial charge in [0.2, 0.25) is 0 Å². The molecule has 1 amide bonds. The van der Waals surface area contributed by atoms with Crippen LogP contribution in [0.5, 0.6) is 0 Å². The number of aryl methyl sites for hydroxylation is 2. The van der Waals surface area contributed by atoms with Gasteiger partial charge < -0.3 is 10.1 Å². The first-order valence-corrected chi connectivity index (χ1v) is 9.50. The molecule has 1 heterocycles. The smallest absolute Gasteiger partial charge is 0.340 e. The number of thiophene rings is 1. The minimum Gasteiger partial charge on any atom is -0.449 e. The van der Waals surface area contributed by atoms with Crippen LogP contribution >= 0.6 is 11.3 Å². The lowest BCUT2D eigenvalue weighted by Crippen LogP contribution is -2.30. The number of ether oxygens (including phenoxy) is 1. The van der Waals surface area contributed by atoms with Crippen LogP contribution < -0.4 is 5.32 Å². The van der Waals surface area contributed by atoms with Crippen molar-refractivity contribution in [1.82, 2.24) is 0 Å². The second-order valence-corrected chi connectivity index (χ2v) is 7.74. The summed E-state index contributed by atoms with van der Waals surface area (Å²) >= 11 is 1.53. The lowest BCUT2D eigenvalue weighted by molar-refractivity contribution is -0.123. The van der Waals surface area contributed by atoms with Gasteiger partial charge in [-0.1, -0.05) is 48.5 Å². The highest BCUT2D eigenvalue weighted by Crippen LogP contribution is 2.28. The number of amides is 1. The van der Waals surface area contributed by atoms with Crippen molar-refractivity contribution in [3.63, 3.8) is 0 Å². The largest absolute Gasteiger partial charge is 0.449 e. The zero-order chi connectivity index (χ0) is 19.4. The molecule has 27 heavy (non-hydrogen) atoms. The maximum atomic E-state index is 12.6. The molecule has 2 aromatic carbocycles. The molecule has 0 saturated carbocycles. The summed E-state index contributed by atoms with van der Waals surface area (Å²) in [4.78, 5) is 26.8. The molecule has 3 aromatic rings. The molecular weight excluding hydrogens is 358 g/mol. The van der Waals surface area contributed by atoms with Crippen molar-refractivity contribution >= 4 is 28.9 Å². The van der Waals surface area contributed by atoms with E-state index in [0.29, 0.717) is 11.3 Å². The number of para-hydroxylation sites is 1. The predicted molar refractivity (Wildman–Crippen MR) is 109 cm³/mol. The molecule has 0 saturated heterocycles. The molecule has 0 spiro atoms. The third kappa shape index (κ3) is 4.44. The van der Waals surface area contributed by atoms with Gasteiger partial charge >= 0.3 is 5.97 Å². The molecule has 0 aliphatic rings. The molecule has 0 unspecified atom stereocenters. The normalized spacial score (nSPS) is 11.7. The highest BCUT2D eigenvalue weighted by atomic mass is 32.1. The third-order valence-electron chi connectivity index (χ3n) is 4.18. The highest BCUT2D eigenvalue weighted by molar-refractivity contribution is 7.12. The zero-order valence-electron chi connectivity index (χ0n) is 15.5. The lowest BCUT2D eigenvalue weighted by Gasteiger charge is -2.16. The Morgan fingerprint density at radius 3 is 2.33 bits per heavy atom. The van der Waals surface area contributed by atoms with Crippen LogP contribution in [-0.4, -0.2) is 18.0 Å². The molecule has 0 bridgehead atoms. The zero-order valence-corrected chi connectivity index (χ0v) is 16.3. The van der Waals surface area contributed by atoms with Crippen molar-refractivity contribution in [2.75, 3.05) is 5.32 Å². The summed E-state index contributed by atoms with van der Waals surface area (Å²) in [6.07, 6.45) is -0.902. The number of carbonyl (C=O) groups is 2. The molecule has 4 nitrogen and oxygen atoms in total. The van der Waals surface area contributed by atoms with E-state index in [-0.39, 0.29) is 5.91 Å². The van der Waals surface area contributed by atoms with Crippen LogP contribution in [0.3, 0.4) is 0 Å². The topological polar surface area (TPSA) is 55.4 Å². The number of rotatable bonds is 5. The molecule has 138 valence electrons. The minimum atomic E-state index is -0.902. The van der Waals surface area contributed by atoms with E-state index in [1.54, 1.807) is 13.0 Å². The quantitative estimate of drug-likeness (QED) is 0.619. The molecule has 1 N–H and O–H groups in total. The molecular formula is C22H21NO3S. The van der Waals surface area contributed by atoms with Crippen molar-refractivity contribution in [2.24, 2.45) is 0 Å². The molecule has 1 aromatic heterocycles. The van der Waals surface area contributed by atoms with E-state index < -0.39 is 12.1 Å². The second-order valence-electron chi connectivity index (χ2n) is 6.28. The maximum Gasteiger partial charge on any atom is 0.340 e. The number of carbonyl (C=O) groups excluding carboxylic acids is 2. The van der Waals surface area contributed by atoms with Crippen LogP contribution in [0.15, 0.2) is 60.7 Å². The Kier molecular flexibility index (Phi) is 5.72. The Hall–Kier alpha value is -2.92. The fourth-order valence-corrected chi connectivity index (χ4v) is 3.72. The fourth-order valence-electron chi connectivity index (χ4n) is 2.81. The molecule has 0 fully saturated rings. The summed E-state index contributed by atoms with van der Waals surface area (Å²) in [6, 6.07) is 19.1. The number of anilines is 1. The number of benzene rings is 2. The number of nitrogens with one attached hydrogen (secondary N) is 1. The van der Waals surface area contributed by atoms with Crippen LogP contribution in [0, 0.1) is 13.8 Å². The van der Waals surface area contributed by atoms with Crippen molar-refractivity contribution in [1.29, 1.82) is 0 Å². The number of hydrogen-bond acceptors (Lipinski definition) is 4. The van der Waals surface area contributed by atoms with E-state index in [4.69, 9.17) is 4.74 Å². The van der Waals surface area contributed by atoms with Crippen LogP contribution in [0.25, 0.3) is 11.1 Å². The van der Waals surface area contributed by atoms with E-state index >= 15 is 0 Å². The molecule has 0 aliphatic carbocycles. The average Bonchev–Trinajstić information content (AvgIpc) is 3.01. The van der Waals surface area contributed by atoms with Crippen LogP contribution in [0.2, 0.25) is 0 Å². The van der Waals surface area contributed by atoms with Gasteiger partial charge in [-0.05, 0) is 38.5 Å². The summed E-state index contributed by atoms with van der Waals surface area (Å²) in [5.74, 6) is -0.841. The molecule has 0 aliphatic heterocycles. The predicted octanol–water partition coefficient (Wildman–Crippen LogP) is 5.22. The minimum absolute atomic E-state index is 0.365. The fraction of sp³-hybridized carbons (Fsp3) is 0.182. The van der Waals surface area contributed by atoms with Gasteiger partial charge in [-0.25, -0.2) is 4.79 Å². The van der Waals surface area contributed by atoms with Crippen molar-refractivity contribution in [2.45, 2.75) is 26.9 Å². The molecule has 1 atom stereocenters. The van der Waals surface area contributed by atoms with Gasteiger partial charge in [0.05, 0.1) is 5.56 Å². The van der Waals surface area contributed by atoms with Crippen LogP contribution in [0.4, 0.5) is 5.69 Å². The number of esters is 1. The number of hydrogen-bond donors (Lipinski definition) is 1. The van der Waals surface area contributed by atoms with Gasteiger partial charge in [0.25, 0.3) is 5.91 Å². The summed E-state index contributed by atoms with van der Waals surface area (Å²) in [5, 5.41) is 2.87. The molecule has 5 heteroatoms. The van der Waals surface area contributed by atoms with Crippen LogP contribution in [0.1, 0.15) is 27.0 Å². The standard InChI is InChI=1S/C22H21NO3S/c1-14-13-19(16(3)27-14)22(25)26-15(2)21(24)23-20-12-8-7-11-18(20)17-9-5-4-6-10-17/h4-13,15H,1-3H3,(H,23,24)/t15-/m1/s1. The van der Waals surface area contributed by atoms with E-state index in [2.05, 4.69) is 5.32 Å². The Labute approximate surface area is 162 Å². The summed E-state index contributed by atoms with van der Waals surface area (Å²) in [7, 11) is 0. The third-order valence-corrected chi connectivity index (χ3v) is 5.15. The van der Waals surface area contributed by atoms with Crippen LogP contribution in [-0.2, 0) is 9.53 Å². The summed E-state index contributed by atoms with van der Waals surface area (Å²) in [6.45, 7) is 5.38. The maximum absolute atomic E-state index is 12.6. The van der Waals surface area contributed by atoms with E-state index in [0.717, 1.165) is 20.9 Å². The Balaban J connectivity index is 1.72. The summed E-state index contributed by atoms with van der Waals surface area (Å²) in [5.41, 5.74) is 3.11. The SMILES string of the molecule is Cc1cc(C(=O)O[C@H](C)C(=O)Nc2ccccc2-c2ccccc2)c(C)s1. The van der Waals surface area contributed by atoms with Gasteiger partial charge in [0.15, 0.2) is 6.10 Å². The monoisotopic (exact) mass is 379 g/mol. The van der Waals surface area contributed by atoms with Crippen molar-refractivity contribution in [3.8, 4) is 11.1 Å². The van der Waals surface area contributed by atoms with E-state index in [1.165, 1.54) is 11.3 Å². The van der Waals surface area contributed by atoms with Gasteiger partial charge in [-0.15, -0.1) is 11.3 Å². The summed E-state index contributed by atoms with van der Waals surface area (Å²) < 4.78 is 5.37. The van der Waals surface area contributed by atoms with E-state index in [1.807, 2.05) is 68.4 Å². The first-order chi connectivity index (χ1) is 13.0. The average molecular weight is 379 g/mol. The van der Waals surface area contributed by atoms with Gasteiger partial charge in [0, 0.05) is 21.0 Å². The first-order valence-electron chi connectivity index (χ1n) is 8.69. The molecule has 0 radical (unpaired) electrons. The molecule has 3 rings (SSSR count). The van der Waals surface area contributed by atoms with E-state index in [9.17, 15) is 9.59 Å². The Morgan fingerprint density at radius 2 is 1.67 bits per heavy atom. The lowest BCUT2D eigenvalue weighted by atomic mass is 10.0.